The van der Waals surface area contributed by atoms with Crippen LogP contribution in [0.4, 0.5) is 0 Å². The number of benzene rings is 1. The third kappa shape index (κ3) is 3.17. The highest BCUT2D eigenvalue weighted by Crippen LogP contribution is 2.32. The Morgan fingerprint density at radius 1 is 1.16 bits per heavy atom. The molecule has 2 N–H and O–H groups in total. The lowest BCUT2D eigenvalue weighted by Gasteiger charge is -2.22. The van der Waals surface area contributed by atoms with E-state index in [2.05, 4.69) is 46.4 Å². The van der Waals surface area contributed by atoms with Crippen LogP contribution in [-0.4, -0.2) is 32.3 Å². The smallest absolute Gasteiger partial charge is 0.0486 e. The predicted molar refractivity (Wildman–Crippen MR) is 80.8 cm³/mol. The number of rotatable bonds is 1. The monoisotopic (exact) mass is 260 g/mol. The molecule has 2 heterocycles. The van der Waals surface area contributed by atoms with Crippen molar-refractivity contribution >= 4 is 10.9 Å². The molecule has 3 rings (SSSR count). The normalized spacial score (nSPS) is 16.2. The van der Waals surface area contributed by atoms with Crippen molar-refractivity contribution in [2.24, 2.45) is 0 Å². The van der Waals surface area contributed by atoms with Gasteiger partial charge in [-0.2, -0.15) is 0 Å². The quantitative estimate of drug-likeness (QED) is 0.826. The molecule has 0 saturated carbocycles. The van der Waals surface area contributed by atoms with E-state index >= 15 is 0 Å². The van der Waals surface area contributed by atoms with Crippen LogP contribution in [0.25, 0.3) is 10.9 Å². The van der Waals surface area contributed by atoms with E-state index in [9.17, 15) is 0 Å². The van der Waals surface area contributed by atoms with E-state index in [1.165, 1.54) is 34.9 Å². The molecule has 1 aliphatic heterocycles. The second kappa shape index (κ2) is 6.73. The Kier molecular flexibility index (Phi) is 5.00. The summed E-state index contributed by atoms with van der Waals surface area (Å²) < 4.78 is 4.25. The fraction of sp³-hybridized carbons (Fsp3) is 0.500. The first-order chi connectivity index (χ1) is 9.27. The molecule has 0 bridgehead atoms. The van der Waals surface area contributed by atoms with Crippen molar-refractivity contribution in [1.82, 2.24) is 10.3 Å². The van der Waals surface area contributed by atoms with Crippen LogP contribution in [0.5, 0.6) is 0 Å². The summed E-state index contributed by atoms with van der Waals surface area (Å²) in [6.45, 7) is 4.48. The number of fused-ring (bicyclic) bond motifs is 1. The molecule has 0 radical (unpaired) electrons. The topological polar surface area (TPSA) is 37.0 Å². The number of piperidine rings is 1. The summed E-state index contributed by atoms with van der Waals surface area (Å²) in [4.78, 5) is 3.43. The van der Waals surface area contributed by atoms with E-state index in [1.54, 1.807) is 14.2 Å². The molecule has 0 spiro atoms. The maximum Gasteiger partial charge on any atom is 0.0486 e. The van der Waals surface area contributed by atoms with Crippen molar-refractivity contribution in [3.8, 4) is 0 Å². The van der Waals surface area contributed by atoms with Gasteiger partial charge in [-0.25, -0.2) is 0 Å². The Morgan fingerprint density at radius 2 is 1.84 bits per heavy atom. The maximum atomic E-state index is 4.25. The molecule has 0 aliphatic carbocycles. The molecule has 1 aliphatic rings. The zero-order valence-corrected chi connectivity index (χ0v) is 12.1. The van der Waals surface area contributed by atoms with Gasteiger partial charge in [-0.05, 0) is 49.9 Å². The zero-order chi connectivity index (χ0) is 13.7. The summed E-state index contributed by atoms with van der Waals surface area (Å²) in [6, 6.07) is 6.58. The summed E-state index contributed by atoms with van der Waals surface area (Å²) in [6.07, 6.45) is 4.75. The second-order valence-corrected chi connectivity index (χ2v) is 5.17. The van der Waals surface area contributed by atoms with Crippen molar-refractivity contribution in [2.75, 3.05) is 27.3 Å². The highest BCUT2D eigenvalue weighted by Gasteiger charge is 2.18. The number of nitrogens with one attached hydrogen (secondary N) is 2. The second-order valence-electron chi connectivity index (χ2n) is 5.17. The standard InChI is InChI=1S/C14H18N2.C2H6O/c1-10-3-2-4-12-13(9-16-14(10)12)11-5-7-15-8-6-11;1-3-2/h2-4,9,11,15-16H,5-8H2,1H3;1-2H3. The first-order valence-corrected chi connectivity index (χ1v) is 6.95. The van der Waals surface area contributed by atoms with Crippen LogP contribution < -0.4 is 5.32 Å². The van der Waals surface area contributed by atoms with Crippen molar-refractivity contribution < 1.29 is 4.74 Å². The molecule has 19 heavy (non-hydrogen) atoms. The molecular weight excluding hydrogens is 236 g/mol. The van der Waals surface area contributed by atoms with Crippen LogP contribution in [0, 0.1) is 6.92 Å². The fourth-order valence-electron chi connectivity index (χ4n) is 2.80. The van der Waals surface area contributed by atoms with E-state index in [-0.39, 0.29) is 0 Å². The van der Waals surface area contributed by atoms with Gasteiger partial charge in [0.15, 0.2) is 0 Å². The minimum absolute atomic E-state index is 0.733. The lowest BCUT2D eigenvalue weighted by Crippen LogP contribution is -2.26. The average molecular weight is 260 g/mol. The van der Waals surface area contributed by atoms with Crippen molar-refractivity contribution in [2.45, 2.75) is 25.7 Å². The first kappa shape index (κ1) is 14.1. The summed E-state index contributed by atoms with van der Waals surface area (Å²) >= 11 is 0. The van der Waals surface area contributed by atoms with Crippen molar-refractivity contribution in [1.29, 1.82) is 0 Å². The maximum absolute atomic E-state index is 4.25. The summed E-state index contributed by atoms with van der Waals surface area (Å²) in [5, 5.41) is 4.85. The zero-order valence-electron chi connectivity index (χ0n) is 12.1. The number of H-pyrrole nitrogens is 1. The molecule has 0 amide bonds. The van der Waals surface area contributed by atoms with Crippen LogP contribution >= 0.6 is 0 Å². The third-order valence-electron chi connectivity index (χ3n) is 3.73. The van der Waals surface area contributed by atoms with Gasteiger partial charge in [0.05, 0.1) is 0 Å². The fourth-order valence-corrected chi connectivity index (χ4v) is 2.80. The van der Waals surface area contributed by atoms with Crippen LogP contribution in [0.1, 0.15) is 29.9 Å². The molecular formula is C16H24N2O. The Morgan fingerprint density at radius 3 is 2.53 bits per heavy atom. The number of hydrogen-bond donors (Lipinski definition) is 2. The largest absolute Gasteiger partial charge is 0.388 e. The van der Waals surface area contributed by atoms with E-state index < -0.39 is 0 Å². The molecule has 2 aromatic rings. The van der Waals surface area contributed by atoms with Gasteiger partial charge in [-0.3, -0.25) is 0 Å². The Labute approximate surface area is 115 Å². The lowest BCUT2D eigenvalue weighted by atomic mass is 9.90. The molecule has 104 valence electrons. The Bertz CT molecular complexity index is 512. The number of methoxy groups -OCH3 is 1. The number of aromatic amines is 1. The number of para-hydroxylation sites is 1. The van der Waals surface area contributed by atoms with Gasteiger partial charge in [0, 0.05) is 31.3 Å². The SMILES string of the molecule is COC.Cc1cccc2c(C3CCNCC3)c[nH]c12. The van der Waals surface area contributed by atoms with Crippen molar-refractivity contribution in [3.63, 3.8) is 0 Å². The van der Waals surface area contributed by atoms with E-state index in [1.807, 2.05) is 0 Å². The first-order valence-electron chi connectivity index (χ1n) is 6.95. The molecule has 0 unspecified atom stereocenters. The molecule has 0 atom stereocenters. The van der Waals surface area contributed by atoms with Gasteiger partial charge < -0.3 is 15.0 Å². The highest BCUT2D eigenvalue weighted by molar-refractivity contribution is 5.86. The Balaban J connectivity index is 0.000000408. The molecule has 3 heteroatoms. The van der Waals surface area contributed by atoms with Gasteiger partial charge in [-0.15, -0.1) is 0 Å². The molecule has 1 aromatic heterocycles. The van der Waals surface area contributed by atoms with Gasteiger partial charge in [-0.1, -0.05) is 18.2 Å². The molecule has 1 saturated heterocycles. The number of aryl methyl sites for hydroxylation is 1. The van der Waals surface area contributed by atoms with E-state index in [4.69, 9.17) is 0 Å². The van der Waals surface area contributed by atoms with Gasteiger partial charge in [0.2, 0.25) is 0 Å². The summed E-state index contributed by atoms with van der Waals surface area (Å²) in [5.41, 5.74) is 4.17. The highest BCUT2D eigenvalue weighted by atomic mass is 16.4. The van der Waals surface area contributed by atoms with Gasteiger partial charge >= 0.3 is 0 Å². The summed E-state index contributed by atoms with van der Waals surface area (Å²) in [5.74, 6) is 0.733. The summed E-state index contributed by atoms with van der Waals surface area (Å²) in [7, 11) is 3.25. The number of hydrogen-bond acceptors (Lipinski definition) is 2. The molecule has 1 aromatic carbocycles. The van der Waals surface area contributed by atoms with E-state index in [0.29, 0.717) is 0 Å². The average Bonchev–Trinajstić information content (AvgIpc) is 2.86. The van der Waals surface area contributed by atoms with E-state index in [0.717, 1.165) is 19.0 Å². The van der Waals surface area contributed by atoms with Crippen LogP contribution in [-0.2, 0) is 4.74 Å². The number of aromatic nitrogens is 1. The van der Waals surface area contributed by atoms with Crippen LogP contribution in [0.3, 0.4) is 0 Å². The Hall–Kier alpha value is -1.32. The third-order valence-corrected chi connectivity index (χ3v) is 3.73. The predicted octanol–water partition coefficient (Wildman–Crippen LogP) is 3.21. The van der Waals surface area contributed by atoms with Gasteiger partial charge in [0.1, 0.15) is 0 Å². The van der Waals surface area contributed by atoms with Crippen LogP contribution in [0.15, 0.2) is 24.4 Å². The lowest BCUT2D eigenvalue weighted by molar-refractivity contribution is 0.277. The minimum Gasteiger partial charge on any atom is -0.388 e. The minimum atomic E-state index is 0.733. The van der Waals surface area contributed by atoms with Gasteiger partial charge in [0.25, 0.3) is 0 Å². The molecule has 3 nitrogen and oxygen atoms in total. The molecule has 1 fully saturated rings. The number of ether oxygens (including phenoxy) is 1. The van der Waals surface area contributed by atoms with Crippen LogP contribution in [0.2, 0.25) is 0 Å². The van der Waals surface area contributed by atoms with Crippen molar-refractivity contribution in [3.05, 3.63) is 35.5 Å².